The first-order chi connectivity index (χ1) is 27.2. The van der Waals surface area contributed by atoms with Crippen LogP contribution >= 0.6 is 0 Å². The van der Waals surface area contributed by atoms with Crippen LogP contribution in [0.3, 0.4) is 0 Å². The molecule has 0 aromatic carbocycles. The Hall–Kier alpha value is -2.69. The first-order valence-corrected chi connectivity index (χ1v) is 22.8. The Kier molecular flexibility index (Phi) is 39.9. The van der Waals surface area contributed by atoms with Gasteiger partial charge in [-0.1, -0.05) is 148 Å². The lowest BCUT2D eigenvalue weighted by molar-refractivity contribution is -0.150. The number of carbonyl (C=O) groups is 5. The fourth-order valence-corrected chi connectivity index (χ4v) is 6.47. The number of esters is 4. The zero-order valence-electron chi connectivity index (χ0n) is 35.5. The Morgan fingerprint density at radius 3 is 0.911 bits per heavy atom. The molecule has 0 amide bonds. The quantitative estimate of drug-likeness (QED) is 0.0343. The van der Waals surface area contributed by atoms with Crippen LogP contribution in [0.4, 0.5) is 0 Å². The lowest BCUT2D eigenvalue weighted by atomic mass is 10.1. The number of carboxylic acid groups (broad SMARTS) is 1. The van der Waals surface area contributed by atoms with Crippen LogP contribution in [0.5, 0.6) is 0 Å². The van der Waals surface area contributed by atoms with E-state index in [1.165, 1.54) is 57.8 Å². The smallest absolute Gasteiger partial charge is 0.308 e. The highest BCUT2D eigenvalue weighted by Crippen LogP contribution is 2.13. The van der Waals surface area contributed by atoms with Gasteiger partial charge < -0.3 is 29.2 Å². The molecule has 0 radical (unpaired) electrons. The lowest BCUT2D eigenvalue weighted by Crippen LogP contribution is -2.21. The van der Waals surface area contributed by atoms with Gasteiger partial charge in [0, 0.05) is 19.3 Å². The third kappa shape index (κ3) is 42.5. The second-order valence-corrected chi connectivity index (χ2v) is 15.5. The zero-order valence-corrected chi connectivity index (χ0v) is 35.5. The SMILES string of the molecule is CCCCCCCCCCCCOC(=O)CC(O)CC(=O)OCCCCCCCC(=O)OCCCCCCCC(=O)OCCCCCCCCCCCC(=O)O. The first-order valence-electron chi connectivity index (χ1n) is 22.8. The van der Waals surface area contributed by atoms with Gasteiger partial charge in [0.1, 0.15) is 0 Å². The molecule has 0 fully saturated rings. The van der Waals surface area contributed by atoms with Crippen LogP contribution in [-0.2, 0) is 42.9 Å². The molecule has 328 valence electrons. The number of carboxylic acids is 1. The van der Waals surface area contributed by atoms with Crippen molar-refractivity contribution in [2.75, 3.05) is 26.4 Å². The largest absolute Gasteiger partial charge is 0.481 e. The third-order valence-corrected chi connectivity index (χ3v) is 9.94. The number of ether oxygens (including phenoxy) is 4. The molecule has 0 aromatic rings. The monoisotopic (exact) mass is 799 g/mol. The molecule has 0 heterocycles. The summed E-state index contributed by atoms with van der Waals surface area (Å²) in [5, 5.41) is 18.7. The van der Waals surface area contributed by atoms with E-state index < -0.39 is 24.0 Å². The minimum atomic E-state index is -1.10. The normalized spacial score (nSPS) is 11.6. The highest BCUT2D eigenvalue weighted by molar-refractivity contribution is 5.73. The van der Waals surface area contributed by atoms with Crippen molar-refractivity contribution in [3.05, 3.63) is 0 Å². The average Bonchev–Trinajstić information content (AvgIpc) is 3.16. The molecular formula is C45H82O11. The highest BCUT2D eigenvalue weighted by Gasteiger charge is 2.17. The van der Waals surface area contributed by atoms with E-state index in [4.69, 9.17) is 24.1 Å². The summed E-state index contributed by atoms with van der Waals surface area (Å²) in [6, 6.07) is 0. The molecule has 2 N–H and O–H groups in total. The minimum Gasteiger partial charge on any atom is -0.481 e. The van der Waals surface area contributed by atoms with Gasteiger partial charge in [-0.05, 0) is 44.9 Å². The summed E-state index contributed by atoms with van der Waals surface area (Å²) in [5.74, 6) is -2.02. The fourth-order valence-electron chi connectivity index (χ4n) is 6.47. The summed E-state index contributed by atoms with van der Waals surface area (Å²) >= 11 is 0. The van der Waals surface area contributed by atoms with E-state index in [0.717, 1.165) is 122 Å². The van der Waals surface area contributed by atoms with Gasteiger partial charge in [0.15, 0.2) is 0 Å². The number of carbonyl (C=O) groups excluding carboxylic acids is 4. The summed E-state index contributed by atoms with van der Waals surface area (Å²) in [6.45, 7) is 3.76. The van der Waals surface area contributed by atoms with Crippen molar-refractivity contribution in [1.82, 2.24) is 0 Å². The van der Waals surface area contributed by atoms with Crippen molar-refractivity contribution in [2.45, 2.75) is 231 Å². The fraction of sp³-hybridized carbons (Fsp3) is 0.889. The topological polar surface area (TPSA) is 163 Å². The van der Waals surface area contributed by atoms with E-state index in [0.29, 0.717) is 39.1 Å². The predicted molar refractivity (Wildman–Crippen MR) is 220 cm³/mol. The summed E-state index contributed by atoms with van der Waals surface area (Å²) in [4.78, 5) is 58.4. The Morgan fingerprint density at radius 1 is 0.357 bits per heavy atom. The summed E-state index contributed by atoms with van der Waals surface area (Å²) in [7, 11) is 0. The molecule has 1 atom stereocenters. The van der Waals surface area contributed by atoms with Crippen LogP contribution in [0, 0.1) is 0 Å². The Labute approximate surface area is 340 Å². The number of aliphatic hydroxyl groups is 1. The number of hydrogen-bond donors (Lipinski definition) is 2. The van der Waals surface area contributed by atoms with Gasteiger partial charge >= 0.3 is 29.8 Å². The first kappa shape index (κ1) is 53.3. The van der Waals surface area contributed by atoms with Crippen molar-refractivity contribution in [2.24, 2.45) is 0 Å². The molecule has 1 unspecified atom stereocenters. The molecule has 0 aliphatic carbocycles. The Morgan fingerprint density at radius 2 is 0.607 bits per heavy atom. The molecule has 11 nitrogen and oxygen atoms in total. The molecule has 0 spiro atoms. The second-order valence-electron chi connectivity index (χ2n) is 15.5. The van der Waals surface area contributed by atoms with Crippen LogP contribution in [0.1, 0.15) is 225 Å². The van der Waals surface area contributed by atoms with Crippen LogP contribution in [-0.4, -0.2) is 72.6 Å². The molecule has 56 heavy (non-hydrogen) atoms. The predicted octanol–water partition coefficient (Wildman–Crippen LogP) is 10.9. The van der Waals surface area contributed by atoms with Gasteiger partial charge in [-0.15, -0.1) is 0 Å². The van der Waals surface area contributed by atoms with E-state index >= 15 is 0 Å². The molecule has 0 saturated carbocycles. The third-order valence-electron chi connectivity index (χ3n) is 9.94. The molecule has 11 heteroatoms. The van der Waals surface area contributed by atoms with E-state index in [1.807, 2.05) is 0 Å². The van der Waals surface area contributed by atoms with Crippen molar-refractivity contribution in [1.29, 1.82) is 0 Å². The van der Waals surface area contributed by atoms with Crippen LogP contribution in [0.25, 0.3) is 0 Å². The van der Waals surface area contributed by atoms with Crippen LogP contribution in [0.2, 0.25) is 0 Å². The highest BCUT2D eigenvalue weighted by atomic mass is 16.5. The second kappa shape index (κ2) is 41.9. The number of aliphatic carboxylic acids is 1. The Balaban J connectivity index is 3.45. The van der Waals surface area contributed by atoms with Crippen molar-refractivity contribution in [3.8, 4) is 0 Å². The maximum Gasteiger partial charge on any atom is 0.308 e. The van der Waals surface area contributed by atoms with Gasteiger partial charge in [-0.2, -0.15) is 0 Å². The van der Waals surface area contributed by atoms with E-state index in [9.17, 15) is 29.1 Å². The van der Waals surface area contributed by atoms with E-state index in [2.05, 4.69) is 6.92 Å². The molecule has 0 saturated heterocycles. The minimum absolute atomic E-state index is 0.124. The van der Waals surface area contributed by atoms with E-state index in [-0.39, 0.29) is 37.8 Å². The molecule has 0 aliphatic rings. The molecule has 0 aliphatic heterocycles. The maximum atomic E-state index is 12.0. The van der Waals surface area contributed by atoms with Crippen molar-refractivity contribution in [3.63, 3.8) is 0 Å². The molecule has 0 aromatic heterocycles. The lowest BCUT2D eigenvalue weighted by Gasteiger charge is -2.10. The number of unbranched alkanes of at least 4 members (excludes halogenated alkanes) is 25. The molecule has 0 rings (SSSR count). The summed E-state index contributed by atoms with van der Waals surface area (Å²) in [5.41, 5.74) is 0. The molecule has 0 bridgehead atoms. The van der Waals surface area contributed by atoms with Gasteiger partial charge in [-0.25, -0.2) is 0 Å². The maximum absolute atomic E-state index is 12.0. The standard InChI is InChI=1S/C45H82O11/c1-2-3-4-5-6-7-10-14-21-29-36-55-44(51)38-40(46)39-45(52)56-37-30-23-16-19-26-33-43(50)54-35-28-22-15-18-25-32-42(49)53-34-27-20-13-11-8-9-12-17-24-31-41(47)48/h40,46H,2-39H2,1H3,(H,47,48). The van der Waals surface area contributed by atoms with Gasteiger partial charge in [0.05, 0.1) is 45.4 Å². The van der Waals surface area contributed by atoms with Crippen LogP contribution < -0.4 is 0 Å². The summed E-state index contributed by atoms with van der Waals surface area (Å²) in [6.07, 6.45) is 29.8. The van der Waals surface area contributed by atoms with Crippen molar-refractivity contribution < 1.29 is 53.1 Å². The summed E-state index contributed by atoms with van der Waals surface area (Å²) < 4.78 is 21.1. The van der Waals surface area contributed by atoms with Gasteiger partial charge in [-0.3, -0.25) is 24.0 Å². The Bertz CT molecular complexity index is 954. The zero-order chi connectivity index (χ0) is 41.2. The van der Waals surface area contributed by atoms with Crippen molar-refractivity contribution >= 4 is 29.8 Å². The van der Waals surface area contributed by atoms with Gasteiger partial charge in [0.25, 0.3) is 0 Å². The van der Waals surface area contributed by atoms with Crippen LogP contribution in [0.15, 0.2) is 0 Å². The van der Waals surface area contributed by atoms with E-state index in [1.54, 1.807) is 0 Å². The molecular weight excluding hydrogens is 716 g/mol. The average molecular weight is 799 g/mol. The number of aliphatic hydroxyl groups excluding tert-OH is 1. The van der Waals surface area contributed by atoms with Gasteiger partial charge in [0.2, 0.25) is 0 Å². The number of rotatable bonds is 43. The number of hydrogen-bond acceptors (Lipinski definition) is 10.